The quantitative estimate of drug-likeness (QED) is 0.306. The molecule has 0 aromatic heterocycles. The normalized spacial score (nSPS) is 10.4. The summed E-state index contributed by atoms with van der Waals surface area (Å²) in [4.78, 5) is 17.1. The number of amides is 1. The number of ether oxygens (including phenoxy) is 1. The first kappa shape index (κ1) is 23.0. The van der Waals surface area contributed by atoms with Crippen LogP contribution in [0.25, 0.3) is 0 Å². The molecule has 0 atom stereocenters. The maximum Gasteiger partial charge on any atom is 0.226 e. The summed E-state index contributed by atoms with van der Waals surface area (Å²) >= 11 is 3.35. The van der Waals surface area contributed by atoms with Gasteiger partial charge in [0.2, 0.25) is 5.91 Å². The number of rotatable bonds is 10. The number of benzene rings is 3. The van der Waals surface area contributed by atoms with Crippen LogP contribution in [0, 0.1) is 0 Å². The molecule has 3 nitrogen and oxygen atoms in total. The fourth-order valence-corrected chi connectivity index (χ4v) is 5.06. The third-order valence-electron chi connectivity index (χ3n) is 4.48. The molecule has 0 unspecified atom stereocenters. The van der Waals surface area contributed by atoms with Gasteiger partial charge in [0.25, 0.3) is 0 Å². The van der Waals surface area contributed by atoms with Crippen LogP contribution >= 0.6 is 23.5 Å². The molecule has 0 heterocycles. The molecule has 0 saturated heterocycles. The lowest BCUT2D eigenvalue weighted by Gasteiger charge is -2.21. The van der Waals surface area contributed by atoms with Crippen molar-refractivity contribution in [3.63, 3.8) is 0 Å². The lowest BCUT2D eigenvalue weighted by atomic mass is 10.2. The van der Waals surface area contributed by atoms with E-state index in [2.05, 4.69) is 24.3 Å². The van der Waals surface area contributed by atoms with Crippen LogP contribution in [0.5, 0.6) is 5.75 Å². The Morgan fingerprint density at radius 2 is 1.42 bits per heavy atom. The highest BCUT2D eigenvalue weighted by molar-refractivity contribution is 8.22. The van der Waals surface area contributed by atoms with E-state index in [4.69, 9.17) is 4.74 Å². The monoisotopic (exact) mass is 449 g/mol. The fourth-order valence-electron chi connectivity index (χ4n) is 2.90. The van der Waals surface area contributed by atoms with Gasteiger partial charge in [0, 0.05) is 22.4 Å². The predicted molar refractivity (Wildman–Crippen MR) is 131 cm³/mol. The van der Waals surface area contributed by atoms with E-state index in [1.54, 1.807) is 30.6 Å². The van der Waals surface area contributed by atoms with Crippen molar-refractivity contribution in [2.45, 2.75) is 36.1 Å². The summed E-state index contributed by atoms with van der Waals surface area (Å²) in [6.45, 7) is 2.56. The molecule has 0 fully saturated rings. The number of carbonyl (C=O) groups is 1. The average Bonchev–Trinajstić information content (AvgIpc) is 2.80. The van der Waals surface area contributed by atoms with Crippen LogP contribution in [0.2, 0.25) is 0 Å². The van der Waals surface area contributed by atoms with E-state index in [0.29, 0.717) is 13.0 Å². The lowest BCUT2D eigenvalue weighted by molar-refractivity contribution is -0.129. The number of methoxy groups -OCH3 is 1. The Kier molecular flexibility index (Phi) is 9.13. The summed E-state index contributed by atoms with van der Waals surface area (Å²) in [6, 6.07) is 28.4. The van der Waals surface area contributed by atoms with Gasteiger partial charge in [-0.15, -0.1) is 0 Å². The predicted octanol–water partition coefficient (Wildman–Crippen LogP) is 7.21. The highest BCUT2D eigenvalue weighted by Crippen LogP contribution is 2.39. The molecule has 31 heavy (non-hydrogen) atoms. The lowest BCUT2D eigenvalue weighted by Crippen LogP contribution is -2.25. The zero-order valence-corrected chi connectivity index (χ0v) is 19.5. The average molecular weight is 450 g/mol. The molecule has 0 aliphatic carbocycles. The number of nitrogens with zero attached hydrogens (tertiary/aromatic N) is 1. The molecule has 5 heteroatoms. The Hall–Kier alpha value is -2.63. The van der Waals surface area contributed by atoms with Crippen molar-refractivity contribution in [2.24, 2.45) is 0 Å². The van der Waals surface area contributed by atoms with Gasteiger partial charge in [0.15, 0.2) is 0 Å². The van der Waals surface area contributed by atoms with Crippen molar-refractivity contribution in [1.29, 1.82) is 0 Å². The minimum Gasteiger partial charge on any atom is -0.497 e. The van der Waals surface area contributed by atoms with Gasteiger partial charge in [-0.1, -0.05) is 79.0 Å². The molecule has 0 bridgehead atoms. The summed E-state index contributed by atoms with van der Waals surface area (Å²) < 4.78 is 6.31. The van der Waals surface area contributed by atoms with Gasteiger partial charge in [0.05, 0.1) is 17.9 Å². The third-order valence-corrected chi connectivity index (χ3v) is 6.61. The zero-order valence-electron chi connectivity index (χ0n) is 17.9. The smallest absolute Gasteiger partial charge is 0.226 e. The van der Waals surface area contributed by atoms with Crippen molar-refractivity contribution in [3.8, 4) is 5.75 Å². The van der Waals surface area contributed by atoms with Gasteiger partial charge in [-0.2, -0.15) is 0 Å². The molecule has 3 rings (SSSR count). The first-order chi connectivity index (χ1) is 15.2. The fraction of sp³-hybridized carbons (Fsp3) is 0.192. The van der Waals surface area contributed by atoms with Gasteiger partial charge >= 0.3 is 0 Å². The van der Waals surface area contributed by atoms with Gasteiger partial charge in [-0.3, -0.25) is 4.79 Å². The molecule has 0 aliphatic rings. The highest BCUT2D eigenvalue weighted by atomic mass is 32.2. The van der Waals surface area contributed by atoms with Crippen molar-refractivity contribution in [1.82, 2.24) is 4.90 Å². The minimum atomic E-state index is 0.123. The van der Waals surface area contributed by atoms with E-state index in [-0.39, 0.29) is 5.91 Å². The summed E-state index contributed by atoms with van der Waals surface area (Å²) in [6.07, 6.45) is 3.34. The molecular formula is C26H27NO2S2. The minimum absolute atomic E-state index is 0.123. The first-order valence-corrected chi connectivity index (χ1v) is 11.9. The summed E-state index contributed by atoms with van der Waals surface area (Å²) in [5.41, 5.74) is 1.07. The van der Waals surface area contributed by atoms with Crippen LogP contribution < -0.4 is 4.74 Å². The standard InChI is InChI=1S/C26H27NO2S2/c1-3-10-25(28)27(19-21-15-17-22(29-2)18-16-21)20-26(30-23-11-6-4-7-12-23)31-24-13-8-5-9-14-24/h4-9,11-18,20H,3,10,19H2,1-2H3. The van der Waals surface area contributed by atoms with Crippen LogP contribution in [0.3, 0.4) is 0 Å². The summed E-state index contributed by atoms with van der Waals surface area (Å²) in [7, 11) is 1.66. The van der Waals surface area contributed by atoms with E-state index in [9.17, 15) is 4.79 Å². The Labute approximate surface area is 193 Å². The second-order valence-corrected chi connectivity index (χ2v) is 9.39. The topological polar surface area (TPSA) is 29.5 Å². The van der Waals surface area contributed by atoms with Crippen molar-refractivity contribution in [2.75, 3.05) is 7.11 Å². The third kappa shape index (κ3) is 7.53. The Morgan fingerprint density at radius 1 is 0.871 bits per heavy atom. The van der Waals surface area contributed by atoms with E-state index in [1.165, 1.54) is 0 Å². The number of hydrogen-bond donors (Lipinski definition) is 0. The Morgan fingerprint density at radius 3 is 1.90 bits per heavy atom. The van der Waals surface area contributed by atoms with E-state index >= 15 is 0 Å². The zero-order chi connectivity index (χ0) is 21.9. The SMILES string of the molecule is CCCC(=O)N(C=C(Sc1ccccc1)Sc1ccccc1)Cc1ccc(OC)cc1. The van der Waals surface area contributed by atoms with Crippen molar-refractivity contribution in [3.05, 3.63) is 101 Å². The van der Waals surface area contributed by atoms with Gasteiger partial charge < -0.3 is 9.64 Å². The van der Waals surface area contributed by atoms with Crippen LogP contribution in [0.1, 0.15) is 25.3 Å². The molecule has 3 aromatic rings. The van der Waals surface area contributed by atoms with Gasteiger partial charge in [-0.05, 0) is 48.4 Å². The van der Waals surface area contributed by atoms with Gasteiger partial charge in [-0.25, -0.2) is 0 Å². The molecule has 0 spiro atoms. The second kappa shape index (κ2) is 12.3. The molecule has 160 valence electrons. The number of hydrogen-bond acceptors (Lipinski definition) is 4. The summed E-state index contributed by atoms with van der Waals surface area (Å²) in [5.74, 6) is 0.934. The molecule has 3 aromatic carbocycles. The maximum absolute atomic E-state index is 12.9. The molecule has 0 aliphatic heterocycles. The maximum atomic E-state index is 12.9. The largest absolute Gasteiger partial charge is 0.497 e. The molecule has 0 radical (unpaired) electrons. The second-order valence-electron chi connectivity index (χ2n) is 6.90. The summed E-state index contributed by atoms with van der Waals surface area (Å²) in [5, 5.41) is 0. The first-order valence-electron chi connectivity index (χ1n) is 10.3. The van der Waals surface area contributed by atoms with Crippen LogP contribution in [0.4, 0.5) is 0 Å². The highest BCUT2D eigenvalue weighted by Gasteiger charge is 2.14. The van der Waals surface area contributed by atoms with Gasteiger partial charge in [0.1, 0.15) is 5.75 Å². The Balaban J connectivity index is 1.89. The van der Waals surface area contributed by atoms with Crippen molar-refractivity contribution >= 4 is 29.4 Å². The molecule has 0 N–H and O–H groups in total. The van der Waals surface area contributed by atoms with Crippen LogP contribution in [-0.4, -0.2) is 17.9 Å². The molecular weight excluding hydrogens is 422 g/mol. The molecule has 1 amide bonds. The van der Waals surface area contributed by atoms with E-state index < -0.39 is 0 Å². The van der Waals surface area contributed by atoms with E-state index in [1.807, 2.05) is 78.7 Å². The van der Waals surface area contributed by atoms with E-state index in [0.717, 1.165) is 31.8 Å². The van der Waals surface area contributed by atoms with Crippen LogP contribution in [0.15, 0.2) is 105 Å². The number of thioether (sulfide) groups is 2. The van der Waals surface area contributed by atoms with Crippen LogP contribution in [-0.2, 0) is 11.3 Å². The van der Waals surface area contributed by atoms with Crippen molar-refractivity contribution < 1.29 is 9.53 Å². The molecule has 0 saturated carbocycles. The Bertz CT molecular complexity index is 930. The number of carbonyl (C=O) groups excluding carboxylic acids is 1.